The molecule has 0 aliphatic carbocycles. The van der Waals surface area contributed by atoms with Crippen LogP contribution in [0.2, 0.25) is 0 Å². The maximum Gasteiger partial charge on any atom is 0.270 e. The zero-order chi connectivity index (χ0) is 16.8. The highest BCUT2D eigenvalue weighted by Gasteiger charge is 2.12. The summed E-state index contributed by atoms with van der Waals surface area (Å²) in [5.41, 5.74) is 0.631. The normalized spacial score (nSPS) is 9.78. The molecule has 0 aromatic heterocycles. The fraction of sp³-hybridized carbons (Fsp3) is 0.0667. The van der Waals surface area contributed by atoms with Gasteiger partial charge in [-0.2, -0.15) is 0 Å². The summed E-state index contributed by atoms with van der Waals surface area (Å²) in [6.07, 6.45) is 0. The van der Waals surface area contributed by atoms with Crippen molar-refractivity contribution in [2.24, 2.45) is 0 Å². The van der Waals surface area contributed by atoms with Crippen molar-refractivity contribution >= 4 is 34.6 Å². The third kappa shape index (κ3) is 4.48. The van der Waals surface area contributed by atoms with Gasteiger partial charge in [0.15, 0.2) is 5.11 Å². The van der Waals surface area contributed by atoms with Gasteiger partial charge in [0.05, 0.1) is 12.0 Å². The molecule has 0 atom stereocenters. The molecule has 2 rings (SSSR count). The number of nitrogens with one attached hydrogen (secondary N) is 2. The summed E-state index contributed by atoms with van der Waals surface area (Å²) in [5.74, 6) is 0.108. The molecule has 1 amide bonds. The number of nitrogens with zero attached hydrogens (tertiary/aromatic N) is 1. The number of amides is 1. The molecule has 0 heterocycles. The average Bonchev–Trinajstić information content (AvgIpc) is 2.55. The predicted molar refractivity (Wildman–Crippen MR) is 89.8 cm³/mol. The Labute approximate surface area is 137 Å². The van der Waals surface area contributed by atoms with E-state index in [1.165, 1.54) is 24.3 Å². The van der Waals surface area contributed by atoms with E-state index in [0.717, 1.165) is 0 Å². The summed E-state index contributed by atoms with van der Waals surface area (Å²) in [4.78, 5) is 22.2. The fourth-order valence-corrected chi connectivity index (χ4v) is 2.01. The second-order valence-electron chi connectivity index (χ2n) is 4.45. The van der Waals surface area contributed by atoms with E-state index in [1.54, 1.807) is 31.4 Å². The number of benzene rings is 2. The number of carbonyl (C=O) groups excluding carboxylic acids is 1. The summed E-state index contributed by atoms with van der Waals surface area (Å²) < 4.78 is 5.09. The Bertz CT molecular complexity index is 764. The molecule has 8 heteroatoms. The number of nitro benzene ring substituents is 1. The molecule has 118 valence electrons. The monoisotopic (exact) mass is 331 g/mol. The predicted octanol–water partition coefficient (Wildman–Crippen LogP) is 2.73. The van der Waals surface area contributed by atoms with Crippen molar-refractivity contribution < 1.29 is 14.5 Å². The van der Waals surface area contributed by atoms with Crippen LogP contribution < -0.4 is 15.4 Å². The largest absolute Gasteiger partial charge is 0.497 e. The molecule has 0 unspecified atom stereocenters. The highest BCUT2D eigenvalue weighted by molar-refractivity contribution is 7.80. The van der Waals surface area contributed by atoms with Gasteiger partial charge in [0.2, 0.25) is 0 Å². The zero-order valence-electron chi connectivity index (χ0n) is 12.1. The third-order valence-corrected chi connectivity index (χ3v) is 3.08. The van der Waals surface area contributed by atoms with Crippen LogP contribution in [-0.4, -0.2) is 23.1 Å². The molecule has 7 nitrogen and oxygen atoms in total. The zero-order valence-corrected chi connectivity index (χ0v) is 12.9. The van der Waals surface area contributed by atoms with Gasteiger partial charge in [-0.3, -0.25) is 20.2 Å². The maximum atomic E-state index is 12.1. The third-order valence-electron chi connectivity index (χ3n) is 2.87. The first-order valence-electron chi connectivity index (χ1n) is 6.50. The Hall–Kier alpha value is -3.00. The van der Waals surface area contributed by atoms with E-state index in [9.17, 15) is 14.9 Å². The number of thiocarbonyl (C=S) groups is 1. The Morgan fingerprint density at radius 3 is 2.65 bits per heavy atom. The highest BCUT2D eigenvalue weighted by Crippen LogP contribution is 2.17. The van der Waals surface area contributed by atoms with Crippen LogP contribution in [0.3, 0.4) is 0 Å². The van der Waals surface area contributed by atoms with Gasteiger partial charge < -0.3 is 10.1 Å². The lowest BCUT2D eigenvalue weighted by atomic mass is 10.2. The van der Waals surface area contributed by atoms with Crippen molar-refractivity contribution in [3.63, 3.8) is 0 Å². The number of rotatable bonds is 4. The van der Waals surface area contributed by atoms with Gasteiger partial charge in [-0.25, -0.2) is 0 Å². The quantitative estimate of drug-likeness (QED) is 0.508. The van der Waals surface area contributed by atoms with E-state index in [1.807, 2.05) is 0 Å². The second-order valence-corrected chi connectivity index (χ2v) is 4.86. The maximum absolute atomic E-state index is 12.1. The number of non-ortho nitro benzene ring substituents is 1. The first-order chi connectivity index (χ1) is 11.0. The van der Waals surface area contributed by atoms with E-state index in [-0.39, 0.29) is 16.4 Å². The van der Waals surface area contributed by atoms with Gasteiger partial charge in [-0.15, -0.1) is 0 Å². The van der Waals surface area contributed by atoms with Crippen molar-refractivity contribution in [2.45, 2.75) is 0 Å². The molecule has 0 radical (unpaired) electrons. The molecule has 0 saturated carbocycles. The van der Waals surface area contributed by atoms with E-state index < -0.39 is 10.8 Å². The van der Waals surface area contributed by atoms with Gasteiger partial charge in [-0.05, 0) is 30.4 Å². The molecule has 0 fully saturated rings. The lowest BCUT2D eigenvalue weighted by Gasteiger charge is -2.10. The Balaban J connectivity index is 2.03. The number of hydrogen-bond donors (Lipinski definition) is 2. The van der Waals surface area contributed by atoms with Crippen LogP contribution in [0.1, 0.15) is 10.4 Å². The first kappa shape index (κ1) is 16.4. The number of methoxy groups -OCH3 is 1. The summed E-state index contributed by atoms with van der Waals surface area (Å²) in [5, 5.41) is 16.1. The molecule has 23 heavy (non-hydrogen) atoms. The minimum absolute atomic E-state index is 0.0785. The molecule has 2 aromatic rings. The number of nitro groups is 1. The first-order valence-corrected chi connectivity index (χ1v) is 6.91. The molecule has 0 bridgehead atoms. The van der Waals surface area contributed by atoms with Crippen molar-refractivity contribution in [3.8, 4) is 5.75 Å². The molecular weight excluding hydrogens is 318 g/mol. The van der Waals surface area contributed by atoms with Crippen LogP contribution in [0.25, 0.3) is 0 Å². The number of ether oxygens (including phenoxy) is 1. The van der Waals surface area contributed by atoms with Crippen LogP contribution >= 0.6 is 12.2 Å². The lowest BCUT2D eigenvalue weighted by molar-refractivity contribution is -0.384. The van der Waals surface area contributed by atoms with Crippen LogP contribution in [0.15, 0.2) is 48.5 Å². The Kier molecular flexibility index (Phi) is 5.21. The van der Waals surface area contributed by atoms with Crippen LogP contribution in [0, 0.1) is 10.1 Å². The Morgan fingerprint density at radius 1 is 1.22 bits per heavy atom. The van der Waals surface area contributed by atoms with Crippen LogP contribution in [-0.2, 0) is 0 Å². The lowest BCUT2D eigenvalue weighted by Crippen LogP contribution is -2.34. The van der Waals surface area contributed by atoms with Crippen molar-refractivity contribution in [3.05, 3.63) is 64.2 Å². The standard InChI is InChI=1S/C15H13N3O4S/c1-22-13-7-3-5-11(9-13)16-15(23)17-14(19)10-4-2-6-12(8-10)18(20)21/h2-9H,1H3,(H2,16,17,19,23). The van der Waals surface area contributed by atoms with Gasteiger partial charge in [0.1, 0.15) is 5.75 Å². The van der Waals surface area contributed by atoms with Crippen molar-refractivity contribution in [1.82, 2.24) is 5.32 Å². The Morgan fingerprint density at radius 2 is 1.96 bits per heavy atom. The van der Waals surface area contributed by atoms with Crippen molar-refractivity contribution in [2.75, 3.05) is 12.4 Å². The number of hydrogen-bond acceptors (Lipinski definition) is 5. The van der Waals surface area contributed by atoms with Gasteiger partial charge in [0.25, 0.3) is 11.6 Å². The molecular formula is C15H13N3O4S. The number of anilines is 1. The van der Waals surface area contributed by atoms with Gasteiger partial charge in [-0.1, -0.05) is 12.1 Å². The molecule has 2 N–H and O–H groups in total. The van der Waals surface area contributed by atoms with Gasteiger partial charge in [0, 0.05) is 29.4 Å². The molecule has 0 aliphatic heterocycles. The minimum atomic E-state index is -0.566. The fourth-order valence-electron chi connectivity index (χ4n) is 1.80. The molecule has 0 spiro atoms. The van der Waals surface area contributed by atoms with Crippen LogP contribution in [0.4, 0.5) is 11.4 Å². The SMILES string of the molecule is COc1cccc(NC(=S)NC(=O)c2cccc([N+](=O)[O-])c2)c1. The molecule has 0 saturated heterocycles. The van der Waals surface area contributed by atoms with E-state index >= 15 is 0 Å². The smallest absolute Gasteiger partial charge is 0.270 e. The molecule has 0 aliphatic rings. The molecule has 2 aromatic carbocycles. The topological polar surface area (TPSA) is 93.5 Å². The highest BCUT2D eigenvalue weighted by atomic mass is 32.1. The summed E-state index contributed by atoms with van der Waals surface area (Å²) in [6.45, 7) is 0. The second kappa shape index (κ2) is 7.32. The van der Waals surface area contributed by atoms with Gasteiger partial charge >= 0.3 is 0 Å². The average molecular weight is 331 g/mol. The summed E-state index contributed by atoms with van der Waals surface area (Å²) in [7, 11) is 1.54. The van der Waals surface area contributed by atoms with Crippen molar-refractivity contribution in [1.29, 1.82) is 0 Å². The van der Waals surface area contributed by atoms with E-state index in [0.29, 0.717) is 11.4 Å². The van der Waals surface area contributed by atoms with E-state index in [4.69, 9.17) is 17.0 Å². The van der Waals surface area contributed by atoms with Crippen LogP contribution in [0.5, 0.6) is 5.75 Å². The van der Waals surface area contributed by atoms with E-state index in [2.05, 4.69) is 10.6 Å². The number of carbonyl (C=O) groups is 1. The summed E-state index contributed by atoms with van der Waals surface area (Å²) >= 11 is 5.06. The summed E-state index contributed by atoms with van der Waals surface area (Å²) in [6, 6.07) is 12.4. The minimum Gasteiger partial charge on any atom is -0.497 e.